The highest BCUT2D eigenvalue weighted by atomic mass is 19.1. The largest absolute Gasteiger partial charge is 0.491 e. The lowest BCUT2D eigenvalue weighted by Crippen LogP contribution is -2.32. The molecule has 2 N–H and O–H groups in total. The van der Waals surface area contributed by atoms with Crippen LogP contribution in [0.3, 0.4) is 0 Å². The van der Waals surface area contributed by atoms with Gasteiger partial charge in [0.15, 0.2) is 5.67 Å². The summed E-state index contributed by atoms with van der Waals surface area (Å²) in [7, 11) is 0. The minimum absolute atomic E-state index is 0.0444. The summed E-state index contributed by atoms with van der Waals surface area (Å²) in [5.74, 6) is 0.801. The second kappa shape index (κ2) is 4.65. The lowest BCUT2D eigenvalue weighted by Gasteiger charge is -2.24. The average molecular weight is 237 g/mol. The summed E-state index contributed by atoms with van der Waals surface area (Å²) in [6.45, 7) is 3.96. The normalized spacial score (nSPS) is 19.1. The molecule has 2 rings (SSSR count). The fourth-order valence-electron chi connectivity index (χ4n) is 2.16. The van der Waals surface area contributed by atoms with Crippen molar-refractivity contribution in [2.75, 3.05) is 6.54 Å². The van der Waals surface area contributed by atoms with E-state index in [1.165, 1.54) is 0 Å². The Bertz CT molecular complexity index is 390. The van der Waals surface area contributed by atoms with Crippen LogP contribution >= 0.6 is 0 Å². The van der Waals surface area contributed by atoms with E-state index in [-0.39, 0.29) is 18.6 Å². The van der Waals surface area contributed by atoms with Gasteiger partial charge in [0.1, 0.15) is 5.75 Å². The van der Waals surface area contributed by atoms with Crippen molar-refractivity contribution in [3.63, 3.8) is 0 Å². The monoisotopic (exact) mass is 237 g/mol. The maximum absolute atomic E-state index is 14.8. The van der Waals surface area contributed by atoms with E-state index in [9.17, 15) is 4.39 Å². The van der Waals surface area contributed by atoms with Gasteiger partial charge in [0.05, 0.1) is 6.10 Å². The Morgan fingerprint density at radius 3 is 2.71 bits per heavy atom. The number of halogens is 1. The van der Waals surface area contributed by atoms with Gasteiger partial charge in [0.25, 0.3) is 0 Å². The molecule has 0 saturated heterocycles. The zero-order valence-electron chi connectivity index (χ0n) is 10.4. The summed E-state index contributed by atoms with van der Waals surface area (Å²) in [5.41, 5.74) is 4.89. The van der Waals surface area contributed by atoms with E-state index in [1.807, 2.05) is 26.0 Å². The number of nitrogens with two attached hydrogens (primary N) is 1. The third-order valence-corrected chi connectivity index (χ3v) is 3.21. The van der Waals surface area contributed by atoms with Gasteiger partial charge in [-0.3, -0.25) is 0 Å². The fraction of sp³-hybridized carbons (Fsp3) is 0.571. The topological polar surface area (TPSA) is 35.2 Å². The van der Waals surface area contributed by atoms with Gasteiger partial charge in [-0.15, -0.1) is 0 Å². The van der Waals surface area contributed by atoms with E-state index in [2.05, 4.69) is 0 Å². The zero-order valence-corrected chi connectivity index (χ0v) is 10.4. The van der Waals surface area contributed by atoms with Gasteiger partial charge in [-0.05, 0) is 50.3 Å². The van der Waals surface area contributed by atoms with Crippen LogP contribution in [0.5, 0.6) is 5.75 Å². The van der Waals surface area contributed by atoms with Crippen LogP contribution in [0.2, 0.25) is 0 Å². The molecule has 2 nitrogen and oxygen atoms in total. The standard InChI is InChI=1S/C14H20FNO/c1-10(2)17-13-5-3-4-12(8-13)14(15,9-16)11-6-7-11/h3-5,8,10-11H,6-7,9,16H2,1-2H3. The van der Waals surface area contributed by atoms with Gasteiger partial charge in [-0.1, -0.05) is 12.1 Å². The molecule has 3 heteroatoms. The quantitative estimate of drug-likeness (QED) is 0.854. The van der Waals surface area contributed by atoms with E-state index in [4.69, 9.17) is 10.5 Å². The van der Waals surface area contributed by atoms with E-state index >= 15 is 0 Å². The molecule has 94 valence electrons. The summed E-state index contributed by atoms with van der Waals surface area (Å²) < 4.78 is 20.4. The van der Waals surface area contributed by atoms with Crippen molar-refractivity contribution in [1.82, 2.24) is 0 Å². The number of hydrogen-bond donors (Lipinski definition) is 1. The minimum atomic E-state index is -1.38. The summed E-state index contributed by atoms with van der Waals surface area (Å²) in [6.07, 6.45) is 1.96. The molecule has 1 unspecified atom stereocenters. The highest BCUT2D eigenvalue weighted by Crippen LogP contribution is 2.48. The molecule has 0 spiro atoms. The summed E-state index contributed by atoms with van der Waals surface area (Å²) in [5, 5.41) is 0. The first-order valence-corrected chi connectivity index (χ1v) is 6.22. The van der Waals surface area contributed by atoms with Crippen molar-refractivity contribution in [3.05, 3.63) is 29.8 Å². The van der Waals surface area contributed by atoms with Crippen molar-refractivity contribution >= 4 is 0 Å². The molecule has 1 aromatic carbocycles. The molecule has 17 heavy (non-hydrogen) atoms. The van der Waals surface area contributed by atoms with Gasteiger partial charge in [-0.2, -0.15) is 0 Å². The van der Waals surface area contributed by atoms with E-state index < -0.39 is 5.67 Å². The average Bonchev–Trinajstić information content (AvgIpc) is 3.11. The summed E-state index contributed by atoms with van der Waals surface area (Å²) in [6, 6.07) is 7.27. The number of hydrogen-bond acceptors (Lipinski definition) is 2. The Kier molecular flexibility index (Phi) is 3.38. The molecule has 1 aliphatic carbocycles. The molecule has 1 fully saturated rings. The van der Waals surface area contributed by atoms with Crippen LogP contribution in [-0.2, 0) is 5.67 Å². The van der Waals surface area contributed by atoms with Crippen molar-refractivity contribution < 1.29 is 9.13 Å². The first-order chi connectivity index (χ1) is 8.06. The van der Waals surface area contributed by atoms with Crippen LogP contribution in [0, 0.1) is 5.92 Å². The van der Waals surface area contributed by atoms with Crippen LogP contribution in [0.15, 0.2) is 24.3 Å². The predicted molar refractivity (Wildman–Crippen MR) is 66.8 cm³/mol. The first kappa shape index (κ1) is 12.4. The van der Waals surface area contributed by atoms with Crippen molar-refractivity contribution in [2.45, 2.75) is 38.5 Å². The molecular formula is C14H20FNO. The van der Waals surface area contributed by atoms with Gasteiger partial charge in [-0.25, -0.2) is 4.39 Å². The summed E-state index contributed by atoms with van der Waals surface area (Å²) in [4.78, 5) is 0. The first-order valence-electron chi connectivity index (χ1n) is 6.22. The van der Waals surface area contributed by atoms with Crippen LogP contribution in [0.25, 0.3) is 0 Å². The Balaban J connectivity index is 2.25. The van der Waals surface area contributed by atoms with Crippen LogP contribution in [0.4, 0.5) is 4.39 Å². The molecule has 0 heterocycles. The van der Waals surface area contributed by atoms with Gasteiger partial charge >= 0.3 is 0 Å². The molecule has 0 aromatic heterocycles. The van der Waals surface area contributed by atoms with Crippen LogP contribution < -0.4 is 10.5 Å². The highest BCUT2D eigenvalue weighted by molar-refractivity contribution is 5.34. The molecule has 1 saturated carbocycles. The second-order valence-electron chi connectivity index (χ2n) is 5.04. The van der Waals surface area contributed by atoms with E-state index in [1.54, 1.807) is 12.1 Å². The van der Waals surface area contributed by atoms with Crippen molar-refractivity contribution in [3.8, 4) is 5.75 Å². The number of rotatable bonds is 5. The van der Waals surface area contributed by atoms with Gasteiger partial charge in [0.2, 0.25) is 0 Å². The molecule has 0 bridgehead atoms. The molecule has 1 aliphatic rings. The highest BCUT2D eigenvalue weighted by Gasteiger charge is 2.46. The fourth-order valence-corrected chi connectivity index (χ4v) is 2.16. The SMILES string of the molecule is CC(C)Oc1cccc(C(F)(CN)C2CC2)c1. The Morgan fingerprint density at radius 2 is 2.18 bits per heavy atom. The lowest BCUT2D eigenvalue weighted by atomic mass is 9.90. The maximum atomic E-state index is 14.8. The van der Waals surface area contributed by atoms with Gasteiger partial charge in [0, 0.05) is 6.54 Å². The molecule has 0 aliphatic heterocycles. The molecular weight excluding hydrogens is 217 g/mol. The van der Waals surface area contributed by atoms with E-state index in [0.29, 0.717) is 11.3 Å². The molecule has 1 atom stereocenters. The zero-order chi connectivity index (χ0) is 12.5. The number of alkyl halides is 1. The third-order valence-electron chi connectivity index (χ3n) is 3.21. The Morgan fingerprint density at radius 1 is 1.47 bits per heavy atom. The van der Waals surface area contributed by atoms with Crippen LogP contribution in [0.1, 0.15) is 32.3 Å². The second-order valence-corrected chi connectivity index (χ2v) is 5.04. The summed E-state index contributed by atoms with van der Waals surface area (Å²) >= 11 is 0. The minimum Gasteiger partial charge on any atom is -0.491 e. The molecule has 1 aromatic rings. The molecule has 0 radical (unpaired) electrons. The maximum Gasteiger partial charge on any atom is 0.151 e. The molecule has 0 amide bonds. The number of benzene rings is 1. The third kappa shape index (κ3) is 2.60. The van der Waals surface area contributed by atoms with Crippen molar-refractivity contribution in [2.24, 2.45) is 11.7 Å². The number of ether oxygens (including phenoxy) is 1. The smallest absolute Gasteiger partial charge is 0.151 e. The lowest BCUT2D eigenvalue weighted by molar-refractivity contribution is 0.142. The Hall–Kier alpha value is -1.09. The predicted octanol–water partition coefficient (Wildman–Crippen LogP) is 3.01. The van der Waals surface area contributed by atoms with Gasteiger partial charge < -0.3 is 10.5 Å². The van der Waals surface area contributed by atoms with Crippen molar-refractivity contribution in [1.29, 1.82) is 0 Å². The van der Waals surface area contributed by atoms with E-state index in [0.717, 1.165) is 12.8 Å². The van der Waals surface area contributed by atoms with Crippen LogP contribution in [-0.4, -0.2) is 12.6 Å². The Labute approximate surface area is 102 Å².